The van der Waals surface area contributed by atoms with Crippen LogP contribution in [-0.2, 0) is 17.5 Å². The van der Waals surface area contributed by atoms with Crippen molar-refractivity contribution in [2.24, 2.45) is 0 Å². The Morgan fingerprint density at radius 2 is 1.91 bits per heavy atom. The first-order chi connectivity index (χ1) is 15.3. The Kier molecular flexibility index (Phi) is 5.77. The van der Waals surface area contributed by atoms with Crippen LogP contribution in [-0.4, -0.2) is 41.7 Å². The van der Waals surface area contributed by atoms with Crippen LogP contribution in [0.2, 0.25) is 0 Å². The number of hydrogen-bond donors (Lipinski definition) is 0. The number of alkyl halides is 3. The van der Waals surface area contributed by atoms with Gasteiger partial charge in [0.1, 0.15) is 0 Å². The zero-order valence-corrected chi connectivity index (χ0v) is 17.3. The van der Waals surface area contributed by atoms with Crippen molar-refractivity contribution >= 4 is 5.91 Å². The number of amides is 1. The molecule has 1 unspecified atom stereocenters. The highest BCUT2D eigenvalue weighted by Crippen LogP contribution is 2.34. The monoisotopic (exact) mass is 447 g/mol. The number of carbonyl (C=O) groups is 1. The maximum atomic E-state index is 13.0. The summed E-state index contributed by atoms with van der Waals surface area (Å²) in [5, 5.41) is 4.00. The third-order valence-electron chi connectivity index (χ3n) is 5.27. The van der Waals surface area contributed by atoms with Crippen LogP contribution in [0.25, 0.3) is 11.4 Å². The van der Waals surface area contributed by atoms with Gasteiger partial charge in [0.2, 0.25) is 17.6 Å². The quantitative estimate of drug-likeness (QED) is 0.561. The molecule has 0 radical (unpaired) electrons. The molecule has 2 heterocycles. The molecule has 0 saturated carbocycles. The lowest BCUT2D eigenvalue weighted by Gasteiger charge is -2.17. The second-order valence-corrected chi connectivity index (χ2v) is 7.40. The highest BCUT2D eigenvalue weighted by atomic mass is 19.4. The predicted molar refractivity (Wildman–Crippen MR) is 107 cm³/mol. The van der Waals surface area contributed by atoms with Gasteiger partial charge in [-0.15, -0.1) is 0 Å². The Morgan fingerprint density at radius 3 is 2.62 bits per heavy atom. The van der Waals surface area contributed by atoms with Crippen LogP contribution in [0.3, 0.4) is 0 Å². The number of carbonyl (C=O) groups excluding carboxylic acids is 1. The summed E-state index contributed by atoms with van der Waals surface area (Å²) in [6, 6.07) is 10.2. The Hall–Kier alpha value is -3.56. The van der Waals surface area contributed by atoms with Crippen LogP contribution in [0.4, 0.5) is 13.2 Å². The molecule has 7 nitrogen and oxygen atoms in total. The van der Waals surface area contributed by atoms with Gasteiger partial charge < -0.3 is 18.9 Å². The van der Waals surface area contributed by atoms with Crippen LogP contribution in [0.5, 0.6) is 11.5 Å². The summed E-state index contributed by atoms with van der Waals surface area (Å²) in [5.41, 5.74) is 0.322. The van der Waals surface area contributed by atoms with Crippen molar-refractivity contribution in [3.8, 4) is 22.9 Å². The van der Waals surface area contributed by atoms with Gasteiger partial charge in [0.05, 0.1) is 25.7 Å². The molecule has 1 atom stereocenters. The number of nitrogens with zero attached hydrogens (tertiary/aromatic N) is 3. The fourth-order valence-electron chi connectivity index (χ4n) is 3.65. The molecule has 0 bridgehead atoms. The number of hydrogen-bond acceptors (Lipinski definition) is 6. The molecule has 0 N–H and O–H groups in total. The minimum absolute atomic E-state index is 0.0793. The van der Waals surface area contributed by atoms with Crippen molar-refractivity contribution < 1.29 is 32.0 Å². The van der Waals surface area contributed by atoms with Gasteiger partial charge in [0.25, 0.3) is 0 Å². The number of methoxy groups -OCH3 is 2. The molecule has 1 fully saturated rings. The van der Waals surface area contributed by atoms with Crippen LogP contribution < -0.4 is 9.47 Å². The van der Waals surface area contributed by atoms with Crippen molar-refractivity contribution in [1.82, 2.24) is 15.0 Å². The average molecular weight is 447 g/mol. The first kappa shape index (κ1) is 21.7. The Bertz CT molecular complexity index is 1130. The van der Waals surface area contributed by atoms with Crippen LogP contribution >= 0.6 is 0 Å². The second kappa shape index (κ2) is 8.52. The molecule has 3 aromatic rings. The fourth-order valence-corrected chi connectivity index (χ4v) is 3.65. The fraction of sp³-hybridized carbons (Fsp3) is 0.318. The Balaban J connectivity index is 1.48. The first-order valence-electron chi connectivity index (χ1n) is 9.78. The van der Waals surface area contributed by atoms with Crippen LogP contribution in [0.1, 0.15) is 29.4 Å². The molecule has 2 aromatic carbocycles. The lowest BCUT2D eigenvalue weighted by atomic mass is 10.1. The van der Waals surface area contributed by atoms with E-state index < -0.39 is 11.7 Å². The highest BCUT2D eigenvalue weighted by molar-refractivity contribution is 5.79. The summed E-state index contributed by atoms with van der Waals surface area (Å²) < 4.78 is 54.7. The maximum absolute atomic E-state index is 13.0. The SMILES string of the molecule is COc1ccc(-c2noc(C3CC(=O)N(Cc4cccc(C(F)(F)F)c4)C3)n2)cc1OC. The normalized spacial score (nSPS) is 16.5. The molecule has 1 aromatic heterocycles. The topological polar surface area (TPSA) is 77.7 Å². The minimum Gasteiger partial charge on any atom is -0.493 e. The van der Waals surface area contributed by atoms with Gasteiger partial charge in [0, 0.05) is 25.1 Å². The minimum atomic E-state index is -4.43. The van der Waals surface area contributed by atoms with Gasteiger partial charge in [0.15, 0.2) is 11.5 Å². The van der Waals surface area contributed by atoms with Crippen molar-refractivity contribution in [1.29, 1.82) is 0 Å². The van der Waals surface area contributed by atoms with E-state index in [1.807, 2.05) is 0 Å². The van der Waals surface area contributed by atoms with E-state index in [-0.39, 0.29) is 31.3 Å². The number of benzene rings is 2. The van der Waals surface area contributed by atoms with E-state index in [0.717, 1.165) is 12.1 Å². The smallest absolute Gasteiger partial charge is 0.416 e. The molecule has 4 rings (SSSR count). The molecule has 0 spiro atoms. The van der Waals surface area contributed by atoms with E-state index in [1.54, 1.807) is 24.3 Å². The predicted octanol–water partition coefficient (Wildman–Crippen LogP) is 4.29. The molecule has 0 aliphatic carbocycles. The summed E-state index contributed by atoms with van der Waals surface area (Å²) in [4.78, 5) is 18.4. The van der Waals surface area contributed by atoms with Crippen molar-refractivity contribution in [2.75, 3.05) is 20.8 Å². The van der Waals surface area contributed by atoms with Gasteiger partial charge in [-0.25, -0.2) is 0 Å². The van der Waals surface area contributed by atoms with Gasteiger partial charge in [-0.05, 0) is 35.9 Å². The summed E-state index contributed by atoms with van der Waals surface area (Å²) in [5.74, 6) is 1.19. The summed E-state index contributed by atoms with van der Waals surface area (Å²) >= 11 is 0. The molecular weight excluding hydrogens is 427 g/mol. The van der Waals surface area contributed by atoms with Gasteiger partial charge >= 0.3 is 6.18 Å². The summed E-state index contributed by atoms with van der Waals surface area (Å²) in [6.45, 7) is 0.360. The van der Waals surface area contributed by atoms with E-state index in [1.165, 1.54) is 25.2 Å². The number of halogens is 3. The van der Waals surface area contributed by atoms with E-state index >= 15 is 0 Å². The zero-order valence-electron chi connectivity index (χ0n) is 17.3. The molecule has 10 heteroatoms. The zero-order chi connectivity index (χ0) is 22.9. The third-order valence-corrected chi connectivity index (χ3v) is 5.27. The van der Waals surface area contributed by atoms with Crippen LogP contribution in [0.15, 0.2) is 47.0 Å². The van der Waals surface area contributed by atoms with Crippen molar-refractivity contribution in [2.45, 2.75) is 25.1 Å². The number of aromatic nitrogens is 2. The van der Waals surface area contributed by atoms with E-state index in [0.29, 0.717) is 34.3 Å². The first-order valence-corrected chi connectivity index (χ1v) is 9.78. The Morgan fingerprint density at radius 1 is 1.12 bits per heavy atom. The van der Waals surface area contributed by atoms with Gasteiger partial charge in [-0.2, -0.15) is 18.2 Å². The molecule has 1 saturated heterocycles. The Labute approximate surface area is 181 Å². The molecule has 1 aliphatic rings. The molecular formula is C22H20F3N3O4. The molecule has 32 heavy (non-hydrogen) atoms. The number of ether oxygens (including phenoxy) is 2. The lowest BCUT2D eigenvalue weighted by molar-refractivity contribution is -0.137. The number of likely N-dealkylation sites (tertiary alicyclic amines) is 1. The average Bonchev–Trinajstić information content (AvgIpc) is 3.40. The molecule has 168 valence electrons. The van der Waals surface area contributed by atoms with Gasteiger partial charge in [-0.1, -0.05) is 17.3 Å². The van der Waals surface area contributed by atoms with E-state index in [9.17, 15) is 18.0 Å². The van der Waals surface area contributed by atoms with Crippen LogP contribution in [0, 0.1) is 0 Å². The third kappa shape index (κ3) is 4.39. The molecule has 1 amide bonds. The summed E-state index contributed by atoms with van der Waals surface area (Å²) in [6.07, 6.45) is -4.29. The highest BCUT2D eigenvalue weighted by Gasteiger charge is 2.35. The summed E-state index contributed by atoms with van der Waals surface area (Å²) in [7, 11) is 3.05. The van der Waals surface area contributed by atoms with E-state index in [2.05, 4.69) is 10.1 Å². The molecule has 1 aliphatic heterocycles. The lowest BCUT2D eigenvalue weighted by Crippen LogP contribution is -2.24. The van der Waals surface area contributed by atoms with E-state index in [4.69, 9.17) is 14.0 Å². The number of rotatable bonds is 6. The van der Waals surface area contributed by atoms with Gasteiger partial charge in [-0.3, -0.25) is 4.79 Å². The second-order valence-electron chi connectivity index (χ2n) is 7.40. The maximum Gasteiger partial charge on any atom is 0.416 e. The van der Waals surface area contributed by atoms with Crippen molar-refractivity contribution in [3.63, 3.8) is 0 Å². The largest absolute Gasteiger partial charge is 0.493 e. The van der Waals surface area contributed by atoms with Crippen molar-refractivity contribution in [3.05, 3.63) is 59.5 Å². The standard InChI is InChI=1S/C22H20F3N3O4/c1-30-17-7-6-14(9-18(17)31-2)20-26-21(32-27-20)15-10-19(29)28(12-15)11-13-4-3-5-16(8-13)22(23,24)25/h3-9,15H,10-12H2,1-2H3.